The van der Waals surface area contributed by atoms with Gasteiger partial charge in [-0.2, -0.15) is 11.8 Å². The van der Waals surface area contributed by atoms with Gasteiger partial charge in [-0.25, -0.2) is 0 Å². The molecule has 0 atom stereocenters. The van der Waals surface area contributed by atoms with E-state index in [4.69, 9.17) is 10.9 Å². The number of carbonyl (C=O) groups is 1. The van der Waals surface area contributed by atoms with E-state index in [-0.39, 0.29) is 11.7 Å². The monoisotopic (exact) mass is 259 g/mol. The van der Waals surface area contributed by atoms with Gasteiger partial charge in [0.1, 0.15) is 5.41 Å². The average Bonchev–Trinajstić information content (AvgIpc) is 2.29. The molecule has 1 fully saturated rings. The van der Waals surface area contributed by atoms with Crippen LogP contribution in [0.15, 0.2) is 5.16 Å². The number of rotatable bonds is 6. The molecule has 17 heavy (non-hydrogen) atoms. The summed E-state index contributed by atoms with van der Waals surface area (Å²) in [6.45, 7) is 2.71. The van der Waals surface area contributed by atoms with Crippen molar-refractivity contribution in [3.05, 3.63) is 0 Å². The van der Waals surface area contributed by atoms with Crippen molar-refractivity contribution in [2.45, 2.75) is 26.2 Å². The van der Waals surface area contributed by atoms with Crippen molar-refractivity contribution in [3.63, 3.8) is 0 Å². The maximum absolute atomic E-state index is 12.1. The third-order valence-corrected chi connectivity index (χ3v) is 3.93. The minimum Gasteiger partial charge on any atom is -0.409 e. The Labute approximate surface area is 106 Å². The Bertz CT molecular complexity index is 301. The fraction of sp³-hybridized carbons (Fsp3) is 0.818. The SMILES string of the molecule is CSCCCNC(=O)C1(C(N)=NO)CC(C)C1. The van der Waals surface area contributed by atoms with Crippen LogP contribution in [0.5, 0.6) is 0 Å². The second kappa shape index (κ2) is 6.14. The number of nitrogens with one attached hydrogen (secondary N) is 1. The molecule has 1 aliphatic rings. The van der Waals surface area contributed by atoms with Crippen molar-refractivity contribution >= 4 is 23.5 Å². The maximum atomic E-state index is 12.1. The van der Waals surface area contributed by atoms with Crippen molar-refractivity contribution < 1.29 is 10.0 Å². The van der Waals surface area contributed by atoms with Crippen LogP contribution in [-0.2, 0) is 4.79 Å². The first-order valence-electron chi connectivity index (χ1n) is 5.82. The molecular formula is C11H21N3O2S. The highest BCUT2D eigenvalue weighted by molar-refractivity contribution is 7.98. The zero-order valence-electron chi connectivity index (χ0n) is 10.4. The topological polar surface area (TPSA) is 87.7 Å². The van der Waals surface area contributed by atoms with Gasteiger partial charge in [-0.15, -0.1) is 0 Å². The number of carbonyl (C=O) groups excluding carboxylic acids is 1. The van der Waals surface area contributed by atoms with Crippen molar-refractivity contribution in [2.24, 2.45) is 22.2 Å². The number of hydrogen-bond acceptors (Lipinski definition) is 4. The minimum absolute atomic E-state index is 0.0398. The predicted molar refractivity (Wildman–Crippen MR) is 70.2 cm³/mol. The second-order valence-electron chi connectivity index (χ2n) is 4.68. The molecule has 0 saturated heterocycles. The van der Waals surface area contributed by atoms with Gasteiger partial charge >= 0.3 is 0 Å². The average molecular weight is 259 g/mol. The van der Waals surface area contributed by atoms with Gasteiger partial charge in [-0.05, 0) is 37.2 Å². The first-order valence-corrected chi connectivity index (χ1v) is 7.21. The van der Waals surface area contributed by atoms with Gasteiger partial charge in [0.2, 0.25) is 5.91 Å². The van der Waals surface area contributed by atoms with Crippen LogP contribution in [0.25, 0.3) is 0 Å². The van der Waals surface area contributed by atoms with Crippen LogP contribution in [-0.4, -0.2) is 35.5 Å². The smallest absolute Gasteiger partial charge is 0.233 e. The highest BCUT2D eigenvalue weighted by Gasteiger charge is 2.51. The van der Waals surface area contributed by atoms with Crippen molar-refractivity contribution in [2.75, 3.05) is 18.6 Å². The molecule has 4 N–H and O–H groups in total. The van der Waals surface area contributed by atoms with Gasteiger partial charge in [0.15, 0.2) is 5.84 Å². The Morgan fingerprint density at radius 2 is 2.29 bits per heavy atom. The fourth-order valence-corrected chi connectivity index (χ4v) is 2.76. The molecule has 1 amide bonds. The van der Waals surface area contributed by atoms with Gasteiger partial charge in [-0.1, -0.05) is 12.1 Å². The van der Waals surface area contributed by atoms with Crippen LogP contribution >= 0.6 is 11.8 Å². The number of amidine groups is 1. The Kier molecular flexibility index (Phi) is 5.11. The molecule has 0 radical (unpaired) electrons. The Balaban J connectivity index is 2.51. The van der Waals surface area contributed by atoms with E-state index in [1.54, 1.807) is 11.8 Å². The summed E-state index contributed by atoms with van der Waals surface area (Å²) in [5.41, 5.74) is 4.87. The molecule has 1 rings (SSSR count). The molecule has 98 valence electrons. The zero-order valence-corrected chi connectivity index (χ0v) is 11.2. The second-order valence-corrected chi connectivity index (χ2v) is 5.67. The summed E-state index contributed by atoms with van der Waals surface area (Å²) in [6.07, 6.45) is 4.30. The summed E-state index contributed by atoms with van der Waals surface area (Å²) < 4.78 is 0. The van der Waals surface area contributed by atoms with Crippen LogP contribution in [0.2, 0.25) is 0 Å². The zero-order chi connectivity index (χ0) is 12.9. The molecular weight excluding hydrogens is 238 g/mol. The van der Waals surface area contributed by atoms with E-state index >= 15 is 0 Å². The Morgan fingerprint density at radius 1 is 1.65 bits per heavy atom. The predicted octanol–water partition coefficient (Wildman–Crippen LogP) is 1.02. The number of nitrogens with zero attached hydrogens (tertiary/aromatic N) is 1. The highest BCUT2D eigenvalue weighted by Crippen LogP contribution is 2.45. The molecule has 1 saturated carbocycles. The summed E-state index contributed by atoms with van der Waals surface area (Å²) in [5.74, 6) is 1.41. The van der Waals surface area contributed by atoms with Crippen molar-refractivity contribution in [1.29, 1.82) is 0 Å². The molecule has 0 unspecified atom stereocenters. The van der Waals surface area contributed by atoms with Gasteiger partial charge in [0, 0.05) is 6.54 Å². The Morgan fingerprint density at radius 3 is 2.76 bits per heavy atom. The van der Waals surface area contributed by atoms with Crippen LogP contribution in [0, 0.1) is 11.3 Å². The van der Waals surface area contributed by atoms with Crippen LogP contribution in [0.4, 0.5) is 0 Å². The van der Waals surface area contributed by atoms with E-state index in [9.17, 15) is 4.79 Å². The van der Waals surface area contributed by atoms with E-state index < -0.39 is 5.41 Å². The van der Waals surface area contributed by atoms with Crippen molar-refractivity contribution in [3.8, 4) is 0 Å². The van der Waals surface area contributed by atoms with Crippen LogP contribution < -0.4 is 11.1 Å². The third-order valence-electron chi connectivity index (χ3n) is 3.24. The van der Waals surface area contributed by atoms with Gasteiger partial charge in [-0.3, -0.25) is 4.79 Å². The molecule has 0 aliphatic heterocycles. The van der Waals surface area contributed by atoms with E-state index in [0.29, 0.717) is 25.3 Å². The number of amides is 1. The molecule has 6 heteroatoms. The minimum atomic E-state index is -0.770. The summed E-state index contributed by atoms with van der Waals surface area (Å²) >= 11 is 1.75. The molecule has 5 nitrogen and oxygen atoms in total. The number of thioether (sulfide) groups is 1. The summed E-state index contributed by atoms with van der Waals surface area (Å²) in [5, 5.41) is 14.6. The fourth-order valence-electron chi connectivity index (χ4n) is 2.32. The lowest BCUT2D eigenvalue weighted by Gasteiger charge is -2.43. The van der Waals surface area contributed by atoms with E-state index in [2.05, 4.69) is 17.4 Å². The van der Waals surface area contributed by atoms with Crippen LogP contribution in [0.1, 0.15) is 26.2 Å². The molecule has 0 bridgehead atoms. The number of nitrogens with two attached hydrogens (primary N) is 1. The first kappa shape index (κ1) is 14.2. The van der Waals surface area contributed by atoms with E-state index in [0.717, 1.165) is 12.2 Å². The summed E-state index contributed by atoms with van der Waals surface area (Å²) in [6, 6.07) is 0. The first-order chi connectivity index (χ1) is 8.06. The lowest BCUT2D eigenvalue weighted by atomic mass is 9.61. The number of oxime groups is 1. The highest BCUT2D eigenvalue weighted by atomic mass is 32.2. The van der Waals surface area contributed by atoms with Gasteiger partial charge in [0.25, 0.3) is 0 Å². The summed E-state index contributed by atoms with van der Waals surface area (Å²) in [7, 11) is 0. The van der Waals surface area contributed by atoms with E-state index in [1.165, 1.54) is 0 Å². The number of hydrogen-bond donors (Lipinski definition) is 3. The van der Waals surface area contributed by atoms with Gasteiger partial charge < -0.3 is 16.3 Å². The van der Waals surface area contributed by atoms with Crippen molar-refractivity contribution in [1.82, 2.24) is 5.32 Å². The standard InChI is InChI=1S/C11H21N3O2S/c1-8-6-11(7-8,9(12)14-16)10(15)13-4-3-5-17-2/h8,16H,3-7H2,1-2H3,(H2,12,14)(H,13,15). The molecule has 0 aromatic heterocycles. The lowest BCUT2D eigenvalue weighted by molar-refractivity contribution is -0.133. The lowest BCUT2D eigenvalue weighted by Crippen LogP contribution is -2.56. The third kappa shape index (κ3) is 3.06. The Hall–Kier alpha value is -0.910. The van der Waals surface area contributed by atoms with Gasteiger partial charge in [0.05, 0.1) is 0 Å². The molecule has 0 aromatic carbocycles. The van der Waals surface area contributed by atoms with Crippen LogP contribution in [0.3, 0.4) is 0 Å². The maximum Gasteiger partial charge on any atom is 0.233 e. The quantitative estimate of drug-likeness (QED) is 0.218. The molecule has 0 aromatic rings. The largest absolute Gasteiger partial charge is 0.409 e. The molecule has 1 aliphatic carbocycles. The summed E-state index contributed by atoms with van der Waals surface area (Å²) in [4.78, 5) is 12.1. The molecule has 0 heterocycles. The normalized spacial score (nSPS) is 28.6. The van der Waals surface area contributed by atoms with E-state index in [1.807, 2.05) is 6.26 Å². The molecule has 0 spiro atoms.